The number of nitrogens with one attached hydrogen (secondary N) is 2. The summed E-state index contributed by atoms with van der Waals surface area (Å²) in [4.78, 5) is 15.9. The lowest BCUT2D eigenvalue weighted by atomic mass is 10.2. The molecule has 0 aliphatic carbocycles. The molecule has 1 heterocycles. The highest BCUT2D eigenvalue weighted by Gasteiger charge is 2.05. The lowest BCUT2D eigenvalue weighted by molar-refractivity contribution is 0.0949. The van der Waals surface area contributed by atoms with Gasteiger partial charge in [-0.1, -0.05) is 37.3 Å². The Morgan fingerprint density at radius 1 is 1.15 bits per heavy atom. The number of anilines is 1. The molecule has 1 amide bonds. The molecular formula is C16H19N3O. The van der Waals surface area contributed by atoms with Crippen molar-refractivity contribution in [3.05, 3.63) is 59.9 Å². The molecule has 0 saturated carbocycles. The molecule has 0 unspecified atom stereocenters. The Morgan fingerprint density at radius 2 is 1.95 bits per heavy atom. The van der Waals surface area contributed by atoms with E-state index in [1.54, 1.807) is 12.3 Å². The highest BCUT2D eigenvalue weighted by Crippen LogP contribution is 2.08. The second-order valence-electron chi connectivity index (χ2n) is 4.53. The standard InChI is InChI=1S/C16H19N3O/c1-2-10-17-16(20)15-9-8-14(12-19-15)18-11-13-6-4-3-5-7-13/h3-9,12,18H,2,10-11H2,1H3,(H,17,20). The molecule has 0 bridgehead atoms. The van der Waals surface area contributed by atoms with Crippen molar-refractivity contribution in [1.29, 1.82) is 0 Å². The van der Waals surface area contributed by atoms with Gasteiger partial charge in [-0.15, -0.1) is 0 Å². The van der Waals surface area contributed by atoms with E-state index in [0.29, 0.717) is 12.2 Å². The highest BCUT2D eigenvalue weighted by atomic mass is 16.1. The van der Waals surface area contributed by atoms with Gasteiger partial charge in [0.25, 0.3) is 5.91 Å². The van der Waals surface area contributed by atoms with Crippen LogP contribution in [0.3, 0.4) is 0 Å². The minimum absolute atomic E-state index is 0.124. The molecule has 2 N–H and O–H groups in total. The summed E-state index contributed by atoms with van der Waals surface area (Å²) in [5.41, 5.74) is 2.56. The summed E-state index contributed by atoms with van der Waals surface area (Å²) < 4.78 is 0. The van der Waals surface area contributed by atoms with Crippen molar-refractivity contribution in [3.63, 3.8) is 0 Å². The first kappa shape index (κ1) is 14.1. The van der Waals surface area contributed by atoms with Crippen LogP contribution < -0.4 is 10.6 Å². The predicted octanol–water partition coefficient (Wildman–Crippen LogP) is 2.83. The maximum absolute atomic E-state index is 11.7. The average molecular weight is 269 g/mol. The van der Waals surface area contributed by atoms with E-state index in [2.05, 4.69) is 27.8 Å². The fraction of sp³-hybridized carbons (Fsp3) is 0.250. The summed E-state index contributed by atoms with van der Waals surface area (Å²) in [5, 5.41) is 6.08. The third-order valence-corrected chi connectivity index (χ3v) is 2.87. The summed E-state index contributed by atoms with van der Waals surface area (Å²) in [5.74, 6) is -0.124. The SMILES string of the molecule is CCCNC(=O)c1ccc(NCc2ccccc2)cn1. The number of hydrogen-bond acceptors (Lipinski definition) is 3. The lowest BCUT2D eigenvalue weighted by Crippen LogP contribution is -2.24. The highest BCUT2D eigenvalue weighted by molar-refractivity contribution is 5.92. The minimum atomic E-state index is -0.124. The van der Waals surface area contributed by atoms with Crippen LogP contribution in [0.25, 0.3) is 0 Å². The molecule has 0 fully saturated rings. The largest absolute Gasteiger partial charge is 0.380 e. The van der Waals surface area contributed by atoms with E-state index in [0.717, 1.165) is 18.7 Å². The first-order chi connectivity index (χ1) is 9.79. The molecule has 4 heteroatoms. The third kappa shape index (κ3) is 4.09. The Kier molecular flexibility index (Phi) is 5.12. The molecule has 2 rings (SSSR count). The number of carbonyl (C=O) groups is 1. The second-order valence-corrected chi connectivity index (χ2v) is 4.53. The molecule has 0 spiro atoms. The Labute approximate surface area is 119 Å². The summed E-state index contributed by atoms with van der Waals surface area (Å²) in [6, 6.07) is 13.7. The number of benzene rings is 1. The maximum Gasteiger partial charge on any atom is 0.269 e. The van der Waals surface area contributed by atoms with E-state index in [1.165, 1.54) is 5.56 Å². The summed E-state index contributed by atoms with van der Waals surface area (Å²) >= 11 is 0. The molecule has 2 aromatic rings. The number of rotatable bonds is 6. The molecule has 0 aliphatic rings. The van der Waals surface area contributed by atoms with Crippen LogP contribution in [0.2, 0.25) is 0 Å². The van der Waals surface area contributed by atoms with Crippen molar-refractivity contribution in [2.24, 2.45) is 0 Å². The Bertz CT molecular complexity index is 537. The van der Waals surface area contributed by atoms with Crippen molar-refractivity contribution in [2.45, 2.75) is 19.9 Å². The molecule has 0 aliphatic heterocycles. The van der Waals surface area contributed by atoms with Crippen molar-refractivity contribution >= 4 is 11.6 Å². The van der Waals surface area contributed by atoms with Gasteiger partial charge in [-0.25, -0.2) is 4.98 Å². The maximum atomic E-state index is 11.7. The Hall–Kier alpha value is -2.36. The van der Waals surface area contributed by atoms with Crippen LogP contribution >= 0.6 is 0 Å². The fourth-order valence-corrected chi connectivity index (χ4v) is 1.76. The van der Waals surface area contributed by atoms with Gasteiger partial charge in [0.05, 0.1) is 11.9 Å². The monoisotopic (exact) mass is 269 g/mol. The topological polar surface area (TPSA) is 54.0 Å². The molecule has 104 valence electrons. The first-order valence-corrected chi connectivity index (χ1v) is 6.81. The zero-order chi connectivity index (χ0) is 14.2. The van der Waals surface area contributed by atoms with Gasteiger partial charge in [0.2, 0.25) is 0 Å². The summed E-state index contributed by atoms with van der Waals surface area (Å²) in [6.07, 6.45) is 2.60. The van der Waals surface area contributed by atoms with E-state index >= 15 is 0 Å². The Morgan fingerprint density at radius 3 is 2.60 bits per heavy atom. The number of nitrogens with zero attached hydrogens (tertiary/aromatic N) is 1. The number of carbonyl (C=O) groups excluding carboxylic acids is 1. The van der Waals surface area contributed by atoms with E-state index in [-0.39, 0.29) is 5.91 Å². The number of pyridine rings is 1. The molecule has 20 heavy (non-hydrogen) atoms. The predicted molar refractivity (Wildman–Crippen MR) is 80.6 cm³/mol. The third-order valence-electron chi connectivity index (χ3n) is 2.87. The van der Waals surface area contributed by atoms with Crippen molar-refractivity contribution in [2.75, 3.05) is 11.9 Å². The van der Waals surface area contributed by atoms with Gasteiger partial charge in [0.1, 0.15) is 5.69 Å². The molecule has 4 nitrogen and oxygen atoms in total. The van der Waals surface area contributed by atoms with Gasteiger partial charge >= 0.3 is 0 Å². The quantitative estimate of drug-likeness (QED) is 0.848. The summed E-state index contributed by atoms with van der Waals surface area (Å²) in [7, 11) is 0. The molecular weight excluding hydrogens is 250 g/mol. The normalized spacial score (nSPS) is 10.1. The fourth-order valence-electron chi connectivity index (χ4n) is 1.76. The second kappa shape index (κ2) is 7.28. The number of hydrogen-bond donors (Lipinski definition) is 2. The first-order valence-electron chi connectivity index (χ1n) is 6.81. The van der Waals surface area contributed by atoms with Crippen LogP contribution in [0.5, 0.6) is 0 Å². The van der Waals surface area contributed by atoms with Gasteiger partial charge in [0.15, 0.2) is 0 Å². The average Bonchev–Trinajstić information content (AvgIpc) is 2.52. The van der Waals surface area contributed by atoms with Crippen LogP contribution in [-0.2, 0) is 6.54 Å². The number of amides is 1. The summed E-state index contributed by atoms with van der Waals surface area (Å²) in [6.45, 7) is 3.43. The van der Waals surface area contributed by atoms with Gasteiger partial charge in [0, 0.05) is 13.1 Å². The zero-order valence-electron chi connectivity index (χ0n) is 11.6. The van der Waals surface area contributed by atoms with Gasteiger partial charge < -0.3 is 10.6 Å². The van der Waals surface area contributed by atoms with Gasteiger partial charge in [-0.2, -0.15) is 0 Å². The zero-order valence-corrected chi connectivity index (χ0v) is 11.6. The lowest BCUT2D eigenvalue weighted by Gasteiger charge is -2.07. The van der Waals surface area contributed by atoms with Crippen LogP contribution in [0.1, 0.15) is 29.4 Å². The smallest absolute Gasteiger partial charge is 0.269 e. The molecule has 1 aromatic carbocycles. The Balaban J connectivity index is 1.90. The van der Waals surface area contributed by atoms with Crippen LogP contribution in [0, 0.1) is 0 Å². The van der Waals surface area contributed by atoms with Crippen LogP contribution in [0.15, 0.2) is 48.7 Å². The van der Waals surface area contributed by atoms with Crippen molar-refractivity contribution in [1.82, 2.24) is 10.3 Å². The van der Waals surface area contributed by atoms with Crippen molar-refractivity contribution in [3.8, 4) is 0 Å². The molecule has 1 aromatic heterocycles. The van der Waals surface area contributed by atoms with E-state index in [9.17, 15) is 4.79 Å². The van der Waals surface area contributed by atoms with Gasteiger partial charge in [-0.05, 0) is 24.1 Å². The molecule has 0 radical (unpaired) electrons. The number of aromatic nitrogens is 1. The van der Waals surface area contributed by atoms with E-state index in [4.69, 9.17) is 0 Å². The molecule has 0 atom stereocenters. The minimum Gasteiger partial charge on any atom is -0.380 e. The van der Waals surface area contributed by atoms with Crippen molar-refractivity contribution < 1.29 is 4.79 Å². The van der Waals surface area contributed by atoms with Crippen LogP contribution in [0.4, 0.5) is 5.69 Å². The molecule has 0 saturated heterocycles. The van der Waals surface area contributed by atoms with Gasteiger partial charge in [-0.3, -0.25) is 4.79 Å². The van der Waals surface area contributed by atoms with E-state index < -0.39 is 0 Å². The van der Waals surface area contributed by atoms with Crippen LogP contribution in [-0.4, -0.2) is 17.4 Å². The van der Waals surface area contributed by atoms with E-state index in [1.807, 2.05) is 31.2 Å².